The molecular formula is C16H16BrN7. The molecule has 4 rings (SSSR count). The standard InChI is InChI=1S/C16H16BrN7/c17-12-9-20-16(19-8-10-3-5-18-6-4-10)22-15(12)21-14-7-13(23-24-14)11-1-2-11/h3-7,9,11H,1-2,8H2,(H3,19,20,21,22,23,24). The fraction of sp³-hybridized carbons (Fsp3) is 0.250. The van der Waals surface area contributed by atoms with Gasteiger partial charge in [0.15, 0.2) is 11.6 Å². The number of rotatable bonds is 6. The van der Waals surface area contributed by atoms with Crippen LogP contribution in [0.1, 0.15) is 30.0 Å². The summed E-state index contributed by atoms with van der Waals surface area (Å²) in [6.45, 7) is 0.637. The Morgan fingerprint density at radius 1 is 1.25 bits per heavy atom. The van der Waals surface area contributed by atoms with E-state index in [0.717, 1.165) is 15.9 Å². The fourth-order valence-electron chi connectivity index (χ4n) is 2.35. The topological polar surface area (TPSA) is 91.4 Å². The van der Waals surface area contributed by atoms with Crippen molar-refractivity contribution in [1.82, 2.24) is 25.1 Å². The van der Waals surface area contributed by atoms with Crippen LogP contribution in [0, 0.1) is 0 Å². The Bertz CT molecular complexity index is 829. The van der Waals surface area contributed by atoms with E-state index in [1.807, 2.05) is 18.2 Å². The average molecular weight is 386 g/mol. The van der Waals surface area contributed by atoms with Gasteiger partial charge in [0.2, 0.25) is 5.95 Å². The summed E-state index contributed by atoms with van der Waals surface area (Å²) in [6.07, 6.45) is 7.73. The highest BCUT2D eigenvalue weighted by molar-refractivity contribution is 9.10. The SMILES string of the molecule is Brc1cnc(NCc2ccncc2)nc1Nc1cc(C2CC2)[nH]n1. The van der Waals surface area contributed by atoms with E-state index >= 15 is 0 Å². The molecule has 0 aliphatic heterocycles. The summed E-state index contributed by atoms with van der Waals surface area (Å²) >= 11 is 3.47. The van der Waals surface area contributed by atoms with Gasteiger partial charge in [-0.25, -0.2) is 4.98 Å². The molecule has 122 valence electrons. The molecule has 3 aromatic heterocycles. The van der Waals surface area contributed by atoms with Gasteiger partial charge in [-0.15, -0.1) is 0 Å². The Hall–Kier alpha value is -2.48. The zero-order chi connectivity index (χ0) is 16.4. The maximum atomic E-state index is 4.50. The molecule has 0 unspecified atom stereocenters. The summed E-state index contributed by atoms with van der Waals surface area (Å²) in [7, 11) is 0. The van der Waals surface area contributed by atoms with Gasteiger partial charge < -0.3 is 10.6 Å². The number of nitrogens with one attached hydrogen (secondary N) is 3. The number of aromatic nitrogens is 5. The highest BCUT2D eigenvalue weighted by Crippen LogP contribution is 2.39. The molecule has 3 heterocycles. The van der Waals surface area contributed by atoms with Crippen molar-refractivity contribution in [1.29, 1.82) is 0 Å². The quantitative estimate of drug-likeness (QED) is 0.600. The van der Waals surface area contributed by atoms with Crippen LogP contribution in [0.15, 0.2) is 41.3 Å². The fourth-order valence-corrected chi connectivity index (χ4v) is 2.64. The van der Waals surface area contributed by atoms with Crippen LogP contribution in [0.3, 0.4) is 0 Å². The number of pyridine rings is 1. The Balaban J connectivity index is 1.46. The molecule has 3 N–H and O–H groups in total. The molecule has 0 radical (unpaired) electrons. The third kappa shape index (κ3) is 3.53. The van der Waals surface area contributed by atoms with E-state index in [0.29, 0.717) is 24.2 Å². The first-order valence-electron chi connectivity index (χ1n) is 7.75. The number of anilines is 3. The highest BCUT2D eigenvalue weighted by Gasteiger charge is 2.25. The summed E-state index contributed by atoms with van der Waals surface area (Å²) in [5, 5.41) is 13.8. The molecule has 0 saturated heterocycles. The maximum Gasteiger partial charge on any atom is 0.224 e. The van der Waals surface area contributed by atoms with E-state index in [9.17, 15) is 0 Å². The van der Waals surface area contributed by atoms with Crippen molar-refractivity contribution in [3.05, 3.63) is 52.5 Å². The van der Waals surface area contributed by atoms with Crippen LogP contribution in [0.2, 0.25) is 0 Å². The van der Waals surface area contributed by atoms with Crippen molar-refractivity contribution in [3.63, 3.8) is 0 Å². The molecule has 0 aromatic carbocycles. The Kier molecular flexibility index (Phi) is 4.12. The van der Waals surface area contributed by atoms with Crippen LogP contribution < -0.4 is 10.6 Å². The van der Waals surface area contributed by atoms with Crippen LogP contribution in [0.25, 0.3) is 0 Å². The van der Waals surface area contributed by atoms with Crippen molar-refractivity contribution in [3.8, 4) is 0 Å². The predicted molar refractivity (Wildman–Crippen MR) is 95.1 cm³/mol. The second kappa shape index (κ2) is 6.56. The molecule has 1 fully saturated rings. The average Bonchev–Trinajstić information content (AvgIpc) is 3.36. The lowest BCUT2D eigenvalue weighted by Crippen LogP contribution is -2.05. The number of halogens is 1. The summed E-state index contributed by atoms with van der Waals surface area (Å²) in [5.41, 5.74) is 2.30. The molecule has 0 amide bonds. The molecule has 7 nitrogen and oxygen atoms in total. The zero-order valence-corrected chi connectivity index (χ0v) is 14.4. The van der Waals surface area contributed by atoms with Gasteiger partial charge in [-0.05, 0) is 46.5 Å². The van der Waals surface area contributed by atoms with Gasteiger partial charge in [-0.2, -0.15) is 10.1 Å². The Morgan fingerprint density at radius 2 is 2.08 bits per heavy atom. The molecule has 1 aliphatic carbocycles. The van der Waals surface area contributed by atoms with Crippen molar-refractivity contribution in [2.24, 2.45) is 0 Å². The first kappa shape index (κ1) is 15.1. The highest BCUT2D eigenvalue weighted by atomic mass is 79.9. The van der Waals surface area contributed by atoms with Crippen LogP contribution in [-0.2, 0) is 6.54 Å². The minimum atomic E-state index is 0.551. The molecule has 3 aromatic rings. The summed E-state index contributed by atoms with van der Waals surface area (Å²) in [6, 6.07) is 5.94. The van der Waals surface area contributed by atoms with E-state index in [-0.39, 0.29) is 0 Å². The minimum absolute atomic E-state index is 0.551. The van der Waals surface area contributed by atoms with E-state index in [4.69, 9.17) is 0 Å². The number of nitrogens with zero attached hydrogens (tertiary/aromatic N) is 4. The molecule has 1 saturated carbocycles. The van der Waals surface area contributed by atoms with Gasteiger partial charge in [-0.3, -0.25) is 10.1 Å². The minimum Gasteiger partial charge on any atom is -0.350 e. The summed E-state index contributed by atoms with van der Waals surface area (Å²) < 4.78 is 0.785. The van der Waals surface area contributed by atoms with Crippen LogP contribution in [0.4, 0.5) is 17.6 Å². The van der Waals surface area contributed by atoms with Gasteiger partial charge in [0.25, 0.3) is 0 Å². The van der Waals surface area contributed by atoms with Crippen molar-refractivity contribution >= 4 is 33.5 Å². The second-order valence-electron chi connectivity index (χ2n) is 5.71. The van der Waals surface area contributed by atoms with Crippen LogP contribution >= 0.6 is 15.9 Å². The lowest BCUT2D eigenvalue weighted by molar-refractivity contribution is 0.966. The lowest BCUT2D eigenvalue weighted by Gasteiger charge is -2.08. The monoisotopic (exact) mass is 385 g/mol. The molecule has 0 bridgehead atoms. The van der Waals surface area contributed by atoms with Crippen molar-refractivity contribution < 1.29 is 0 Å². The van der Waals surface area contributed by atoms with Crippen molar-refractivity contribution in [2.45, 2.75) is 25.3 Å². The molecule has 0 atom stereocenters. The third-order valence-corrected chi connectivity index (χ3v) is 4.39. The maximum absolute atomic E-state index is 4.50. The summed E-state index contributed by atoms with van der Waals surface area (Å²) in [4.78, 5) is 12.8. The molecule has 1 aliphatic rings. The number of hydrogen-bond donors (Lipinski definition) is 3. The Labute approximate surface area is 147 Å². The van der Waals surface area contributed by atoms with Gasteiger partial charge in [0.1, 0.15) is 0 Å². The molecule has 0 spiro atoms. The predicted octanol–water partition coefficient (Wildman–Crippen LogP) is 3.59. The van der Waals surface area contributed by atoms with Gasteiger partial charge >= 0.3 is 0 Å². The Morgan fingerprint density at radius 3 is 2.88 bits per heavy atom. The molecule has 8 heteroatoms. The number of H-pyrrole nitrogens is 1. The largest absolute Gasteiger partial charge is 0.350 e. The van der Waals surface area contributed by atoms with Crippen LogP contribution in [0.5, 0.6) is 0 Å². The number of hydrogen-bond acceptors (Lipinski definition) is 6. The van der Waals surface area contributed by atoms with E-state index in [2.05, 4.69) is 51.7 Å². The number of aromatic amines is 1. The van der Waals surface area contributed by atoms with Gasteiger partial charge in [0.05, 0.1) is 4.47 Å². The van der Waals surface area contributed by atoms with E-state index in [1.165, 1.54) is 18.5 Å². The summed E-state index contributed by atoms with van der Waals surface area (Å²) in [5.74, 6) is 2.63. The second-order valence-corrected chi connectivity index (χ2v) is 6.56. The van der Waals surface area contributed by atoms with E-state index < -0.39 is 0 Å². The third-order valence-electron chi connectivity index (χ3n) is 3.81. The smallest absolute Gasteiger partial charge is 0.224 e. The normalized spacial score (nSPS) is 13.7. The zero-order valence-electron chi connectivity index (χ0n) is 12.8. The first-order chi connectivity index (χ1) is 11.8. The van der Waals surface area contributed by atoms with Crippen molar-refractivity contribution in [2.75, 3.05) is 10.6 Å². The molecule has 24 heavy (non-hydrogen) atoms. The van der Waals surface area contributed by atoms with Gasteiger partial charge in [-0.1, -0.05) is 0 Å². The van der Waals surface area contributed by atoms with Crippen LogP contribution in [-0.4, -0.2) is 25.1 Å². The molecular weight excluding hydrogens is 370 g/mol. The van der Waals surface area contributed by atoms with Gasteiger partial charge in [0, 0.05) is 42.8 Å². The first-order valence-corrected chi connectivity index (χ1v) is 8.55. The van der Waals surface area contributed by atoms with E-state index in [1.54, 1.807) is 18.6 Å². The lowest BCUT2D eigenvalue weighted by atomic mass is 10.3.